The fourth-order valence-corrected chi connectivity index (χ4v) is 3.33. The molecular weight excluding hydrogens is 238 g/mol. The van der Waals surface area contributed by atoms with Crippen molar-refractivity contribution in [2.45, 2.75) is 57.6 Å². The van der Waals surface area contributed by atoms with Crippen LogP contribution in [0.2, 0.25) is 0 Å². The molecule has 0 amide bonds. The summed E-state index contributed by atoms with van der Waals surface area (Å²) in [6, 6.07) is 2.48. The van der Waals surface area contributed by atoms with E-state index in [-0.39, 0.29) is 5.60 Å². The maximum Gasteiger partial charge on any atom is 0.0838 e. The summed E-state index contributed by atoms with van der Waals surface area (Å²) in [5.74, 6) is 0. The maximum absolute atomic E-state index is 6.19. The van der Waals surface area contributed by atoms with E-state index in [1.54, 1.807) is 0 Å². The first-order chi connectivity index (χ1) is 9.20. The van der Waals surface area contributed by atoms with E-state index in [1.807, 2.05) is 17.9 Å². The molecule has 19 heavy (non-hydrogen) atoms. The molecule has 4 nitrogen and oxygen atoms in total. The zero-order valence-corrected chi connectivity index (χ0v) is 12.5. The number of aryl methyl sites for hydroxylation is 1. The van der Waals surface area contributed by atoms with Gasteiger partial charge in [0, 0.05) is 32.3 Å². The molecule has 2 rings (SSSR count). The topological polar surface area (TPSA) is 39.1 Å². The normalized spacial score (nSPS) is 19.7. The van der Waals surface area contributed by atoms with E-state index in [4.69, 9.17) is 4.74 Å². The summed E-state index contributed by atoms with van der Waals surface area (Å²) >= 11 is 0. The summed E-state index contributed by atoms with van der Waals surface area (Å²) in [6.07, 6.45) is 7.87. The zero-order valence-electron chi connectivity index (χ0n) is 12.5. The third kappa shape index (κ3) is 3.37. The van der Waals surface area contributed by atoms with E-state index in [1.165, 1.54) is 25.7 Å². The van der Waals surface area contributed by atoms with Gasteiger partial charge in [-0.25, -0.2) is 0 Å². The minimum atomic E-state index is 0.0162. The average molecular weight is 265 g/mol. The molecule has 1 N–H and O–H groups in total. The Morgan fingerprint density at radius 3 is 2.68 bits per heavy atom. The van der Waals surface area contributed by atoms with Crippen molar-refractivity contribution in [2.24, 2.45) is 7.05 Å². The first kappa shape index (κ1) is 14.5. The van der Waals surface area contributed by atoms with Gasteiger partial charge >= 0.3 is 0 Å². The summed E-state index contributed by atoms with van der Waals surface area (Å²) in [5, 5.41) is 8.15. The summed E-state index contributed by atoms with van der Waals surface area (Å²) in [6.45, 7) is 6.04. The number of aromatic nitrogens is 2. The highest BCUT2D eigenvalue weighted by Gasteiger charge is 2.41. The van der Waals surface area contributed by atoms with Crippen molar-refractivity contribution in [3.05, 3.63) is 18.0 Å². The van der Waals surface area contributed by atoms with Crippen LogP contribution in [0, 0.1) is 0 Å². The van der Waals surface area contributed by atoms with E-state index in [0.717, 1.165) is 25.3 Å². The Morgan fingerprint density at radius 2 is 2.16 bits per heavy atom. The lowest BCUT2D eigenvalue weighted by atomic mass is 9.88. The van der Waals surface area contributed by atoms with Crippen LogP contribution in [0.15, 0.2) is 12.3 Å². The van der Waals surface area contributed by atoms with Gasteiger partial charge in [-0.05, 0) is 32.4 Å². The third-order valence-corrected chi connectivity index (χ3v) is 4.15. The Hall–Kier alpha value is -0.870. The fraction of sp³-hybridized carbons (Fsp3) is 0.800. The Labute approximate surface area is 116 Å². The summed E-state index contributed by atoms with van der Waals surface area (Å²) in [5.41, 5.74) is 1.17. The van der Waals surface area contributed by atoms with Gasteiger partial charge in [0.2, 0.25) is 0 Å². The van der Waals surface area contributed by atoms with E-state index in [0.29, 0.717) is 6.04 Å². The molecule has 1 heterocycles. The van der Waals surface area contributed by atoms with Gasteiger partial charge < -0.3 is 10.1 Å². The number of hydrogen-bond donors (Lipinski definition) is 1. The predicted molar refractivity (Wildman–Crippen MR) is 77.2 cm³/mol. The minimum absolute atomic E-state index is 0.0162. The second-order valence-corrected chi connectivity index (χ2v) is 5.50. The standard InChI is InChI=1S/C15H27N3O/c1-4-16-14(12-13-8-11-18(3)17-13)15(19-5-2)9-6-7-10-15/h8,11,14,16H,4-7,9-10,12H2,1-3H3. The SMILES string of the molecule is CCNC(Cc1ccn(C)n1)C1(OCC)CCCC1. The largest absolute Gasteiger partial charge is 0.374 e. The van der Waals surface area contributed by atoms with Crippen molar-refractivity contribution in [3.63, 3.8) is 0 Å². The zero-order chi connectivity index (χ0) is 13.7. The van der Waals surface area contributed by atoms with Crippen LogP contribution in [-0.4, -0.2) is 34.6 Å². The Morgan fingerprint density at radius 1 is 1.42 bits per heavy atom. The van der Waals surface area contributed by atoms with Crippen LogP contribution in [0.3, 0.4) is 0 Å². The molecule has 1 aromatic rings. The van der Waals surface area contributed by atoms with E-state index in [2.05, 4.69) is 30.3 Å². The van der Waals surface area contributed by atoms with Crippen LogP contribution in [0.1, 0.15) is 45.2 Å². The van der Waals surface area contributed by atoms with Gasteiger partial charge in [-0.2, -0.15) is 5.10 Å². The lowest BCUT2D eigenvalue weighted by Crippen LogP contribution is -2.52. The molecule has 1 fully saturated rings. The molecule has 108 valence electrons. The number of ether oxygens (including phenoxy) is 1. The molecule has 1 atom stereocenters. The van der Waals surface area contributed by atoms with Gasteiger partial charge in [0.15, 0.2) is 0 Å². The van der Waals surface area contributed by atoms with Crippen LogP contribution in [0.4, 0.5) is 0 Å². The highest BCUT2D eigenvalue weighted by atomic mass is 16.5. The molecule has 0 aromatic carbocycles. The van der Waals surface area contributed by atoms with Gasteiger partial charge in [0.05, 0.1) is 11.3 Å². The predicted octanol–water partition coefficient (Wildman–Crippen LogP) is 2.29. The molecular formula is C15H27N3O. The van der Waals surface area contributed by atoms with E-state index in [9.17, 15) is 0 Å². The minimum Gasteiger partial charge on any atom is -0.374 e. The lowest BCUT2D eigenvalue weighted by molar-refractivity contribution is -0.0611. The van der Waals surface area contributed by atoms with Gasteiger partial charge in [-0.1, -0.05) is 19.8 Å². The van der Waals surface area contributed by atoms with Gasteiger partial charge in [0.25, 0.3) is 0 Å². The molecule has 0 radical (unpaired) electrons. The number of hydrogen-bond acceptors (Lipinski definition) is 3. The Bertz CT molecular complexity index is 382. The van der Waals surface area contributed by atoms with Gasteiger partial charge in [-0.15, -0.1) is 0 Å². The number of likely N-dealkylation sites (N-methyl/N-ethyl adjacent to an activating group) is 1. The van der Waals surface area contributed by atoms with Crippen molar-refractivity contribution >= 4 is 0 Å². The average Bonchev–Trinajstić information content (AvgIpc) is 3.00. The number of nitrogens with one attached hydrogen (secondary N) is 1. The third-order valence-electron chi connectivity index (χ3n) is 4.15. The van der Waals surface area contributed by atoms with Crippen molar-refractivity contribution in [1.29, 1.82) is 0 Å². The number of nitrogens with zero attached hydrogens (tertiary/aromatic N) is 2. The van der Waals surface area contributed by atoms with Crippen molar-refractivity contribution < 1.29 is 4.74 Å². The van der Waals surface area contributed by atoms with Crippen LogP contribution in [0.5, 0.6) is 0 Å². The maximum atomic E-state index is 6.19. The Kier molecular flexibility index (Phi) is 4.99. The van der Waals surface area contributed by atoms with E-state index >= 15 is 0 Å². The summed E-state index contributed by atoms with van der Waals surface area (Å²) in [4.78, 5) is 0. The molecule has 1 aliphatic rings. The molecule has 4 heteroatoms. The molecule has 1 saturated carbocycles. The van der Waals surface area contributed by atoms with Gasteiger partial charge in [0.1, 0.15) is 0 Å². The Balaban J connectivity index is 2.12. The van der Waals surface area contributed by atoms with E-state index < -0.39 is 0 Å². The van der Waals surface area contributed by atoms with Crippen molar-refractivity contribution in [2.75, 3.05) is 13.2 Å². The first-order valence-corrected chi connectivity index (χ1v) is 7.56. The second kappa shape index (κ2) is 6.53. The van der Waals surface area contributed by atoms with Crippen molar-refractivity contribution in [1.82, 2.24) is 15.1 Å². The van der Waals surface area contributed by atoms with Crippen LogP contribution in [-0.2, 0) is 18.2 Å². The summed E-state index contributed by atoms with van der Waals surface area (Å²) in [7, 11) is 1.97. The lowest BCUT2D eigenvalue weighted by Gasteiger charge is -2.37. The number of rotatable bonds is 7. The molecule has 1 aromatic heterocycles. The molecule has 1 aliphatic carbocycles. The van der Waals surface area contributed by atoms with Crippen LogP contribution in [0.25, 0.3) is 0 Å². The summed E-state index contributed by atoms with van der Waals surface area (Å²) < 4.78 is 8.06. The quantitative estimate of drug-likeness (QED) is 0.822. The van der Waals surface area contributed by atoms with Crippen LogP contribution < -0.4 is 5.32 Å². The van der Waals surface area contributed by atoms with Crippen LogP contribution >= 0.6 is 0 Å². The second-order valence-electron chi connectivity index (χ2n) is 5.50. The van der Waals surface area contributed by atoms with Crippen molar-refractivity contribution in [3.8, 4) is 0 Å². The first-order valence-electron chi connectivity index (χ1n) is 7.56. The molecule has 0 aliphatic heterocycles. The smallest absolute Gasteiger partial charge is 0.0838 e. The molecule has 0 bridgehead atoms. The molecule has 0 saturated heterocycles. The highest BCUT2D eigenvalue weighted by Crippen LogP contribution is 2.37. The monoisotopic (exact) mass is 265 g/mol. The fourth-order valence-electron chi connectivity index (χ4n) is 3.33. The molecule has 0 spiro atoms. The van der Waals surface area contributed by atoms with Gasteiger partial charge in [-0.3, -0.25) is 4.68 Å². The molecule has 1 unspecified atom stereocenters. The highest BCUT2D eigenvalue weighted by molar-refractivity contribution is 5.07.